The van der Waals surface area contributed by atoms with Crippen LogP contribution < -0.4 is 4.74 Å². The fraction of sp³-hybridized carbons (Fsp3) is 0.300. The summed E-state index contributed by atoms with van der Waals surface area (Å²) in [6, 6.07) is 17.9. The minimum atomic E-state index is 0.556. The fourth-order valence-corrected chi connectivity index (χ4v) is 3.81. The van der Waals surface area contributed by atoms with Crippen molar-refractivity contribution in [2.24, 2.45) is 0 Å². The first-order valence-corrected chi connectivity index (χ1v) is 9.92. The zero-order valence-corrected chi connectivity index (χ0v) is 15.3. The summed E-state index contributed by atoms with van der Waals surface area (Å²) in [5.41, 5.74) is 2.08. The van der Waals surface area contributed by atoms with Crippen molar-refractivity contribution in [1.29, 1.82) is 0 Å². The van der Waals surface area contributed by atoms with Crippen LogP contribution in [0.4, 0.5) is 0 Å². The van der Waals surface area contributed by atoms with Crippen molar-refractivity contribution < 1.29 is 9.26 Å². The van der Waals surface area contributed by atoms with Gasteiger partial charge in [-0.2, -0.15) is 16.7 Å². The lowest BCUT2D eigenvalue weighted by Gasteiger charge is -2.24. The molecule has 26 heavy (non-hydrogen) atoms. The van der Waals surface area contributed by atoms with Crippen molar-refractivity contribution in [2.75, 3.05) is 24.6 Å². The molecule has 2 aromatic carbocycles. The van der Waals surface area contributed by atoms with Gasteiger partial charge in [0, 0.05) is 30.2 Å². The molecule has 0 atom stereocenters. The molecular weight excluding hydrogens is 346 g/mol. The van der Waals surface area contributed by atoms with Gasteiger partial charge in [-0.15, -0.1) is 0 Å². The number of hydrogen-bond donors (Lipinski definition) is 0. The predicted octanol–water partition coefficient (Wildman–Crippen LogP) is 3.86. The average Bonchev–Trinajstić information content (AvgIpc) is 3.17. The molecule has 2 heterocycles. The monoisotopic (exact) mass is 367 g/mol. The molecule has 0 radical (unpaired) electrons. The van der Waals surface area contributed by atoms with Gasteiger partial charge in [-0.3, -0.25) is 4.90 Å². The molecule has 1 aromatic heterocycles. The summed E-state index contributed by atoms with van der Waals surface area (Å²) in [6.07, 6.45) is 0. The predicted molar refractivity (Wildman–Crippen MR) is 103 cm³/mol. The first kappa shape index (κ1) is 17.1. The quantitative estimate of drug-likeness (QED) is 0.659. The Balaban J connectivity index is 1.36. The van der Waals surface area contributed by atoms with Gasteiger partial charge in [0.2, 0.25) is 11.7 Å². The van der Waals surface area contributed by atoms with Gasteiger partial charge in [-0.1, -0.05) is 35.5 Å². The summed E-state index contributed by atoms with van der Waals surface area (Å²) in [5.74, 6) is 4.47. The molecule has 1 aliphatic heterocycles. The van der Waals surface area contributed by atoms with Crippen LogP contribution in [0.25, 0.3) is 11.4 Å². The van der Waals surface area contributed by atoms with Gasteiger partial charge in [-0.25, -0.2) is 0 Å². The molecule has 1 aliphatic rings. The van der Waals surface area contributed by atoms with Gasteiger partial charge in [0.05, 0.1) is 6.54 Å². The number of thioether (sulfide) groups is 1. The standard InChI is InChI=1S/C20H21N3O2S/c1-2-4-16(5-3-1)15-24-18-8-6-17(7-9-18)20-21-19(25-22-20)14-23-10-12-26-13-11-23/h1-9H,10-15H2. The lowest BCUT2D eigenvalue weighted by atomic mass is 10.2. The largest absolute Gasteiger partial charge is 0.489 e. The number of hydrogen-bond acceptors (Lipinski definition) is 6. The Morgan fingerprint density at radius 3 is 2.54 bits per heavy atom. The second-order valence-corrected chi connectivity index (χ2v) is 7.42. The molecule has 1 fully saturated rings. The van der Waals surface area contributed by atoms with Crippen LogP contribution in [0.5, 0.6) is 5.75 Å². The van der Waals surface area contributed by atoms with Crippen LogP contribution in [0.2, 0.25) is 0 Å². The van der Waals surface area contributed by atoms with E-state index in [0.29, 0.717) is 18.3 Å². The maximum Gasteiger partial charge on any atom is 0.241 e. The van der Waals surface area contributed by atoms with Crippen molar-refractivity contribution in [1.82, 2.24) is 15.0 Å². The maximum atomic E-state index is 5.82. The summed E-state index contributed by atoms with van der Waals surface area (Å²) >= 11 is 1.99. The van der Waals surface area contributed by atoms with Gasteiger partial charge >= 0.3 is 0 Å². The maximum absolute atomic E-state index is 5.82. The van der Waals surface area contributed by atoms with Crippen molar-refractivity contribution in [3.63, 3.8) is 0 Å². The molecular formula is C20H21N3O2S. The highest BCUT2D eigenvalue weighted by atomic mass is 32.2. The first-order chi connectivity index (χ1) is 12.9. The van der Waals surface area contributed by atoms with Crippen LogP contribution in [-0.4, -0.2) is 39.6 Å². The second-order valence-electron chi connectivity index (χ2n) is 6.20. The van der Waals surface area contributed by atoms with E-state index < -0.39 is 0 Å². The number of nitrogens with zero attached hydrogens (tertiary/aromatic N) is 3. The molecule has 0 spiro atoms. The molecule has 0 aliphatic carbocycles. The van der Waals surface area contributed by atoms with Gasteiger partial charge < -0.3 is 9.26 Å². The molecule has 134 valence electrons. The highest BCUT2D eigenvalue weighted by molar-refractivity contribution is 7.99. The fourth-order valence-electron chi connectivity index (χ4n) is 2.83. The summed E-state index contributed by atoms with van der Waals surface area (Å²) in [4.78, 5) is 6.89. The highest BCUT2D eigenvalue weighted by Crippen LogP contribution is 2.21. The lowest BCUT2D eigenvalue weighted by Crippen LogP contribution is -2.32. The molecule has 6 heteroatoms. The van der Waals surface area contributed by atoms with E-state index in [9.17, 15) is 0 Å². The van der Waals surface area contributed by atoms with E-state index in [1.54, 1.807) is 0 Å². The molecule has 0 amide bonds. The van der Waals surface area contributed by atoms with E-state index in [1.807, 2.05) is 54.2 Å². The molecule has 3 aromatic rings. The Bertz CT molecular complexity index is 815. The SMILES string of the molecule is c1ccc(COc2ccc(-c3noc(CN4CCSCC4)n3)cc2)cc1. The third-order valence-electron chi connectivity index (χ3n) is 4.29. The van der Waals surface area contributed by atoms with Gasteiger partial charge in [0.15, 0.2) is 0 Å². The second kappa shape index (κ2) is 8.38. The average molecular weight is 367 g/mol. The van der Waals surface area contributed by atoms with Crippen molar-refractivity contribution in [3.8, 4) is 17.1 Å². The van der Waals surface area contributed by atoms with E-state index in [4.69, 9.17) is 9.26 Å². The van der Waals surface area contributed by atoms with Crippen LogP contribution in [-0.2, 0) is 13.2 Å². The van der Waals surface area contributed by atoms with Gasteiger partial charge in [-0.05, 0) is 29.8 Å². The zero-order valence-electron chi connectivity index (χ0n) is 14.5. The molecule has 4 rings (SSSR count). The minimum Gasteiger partial charge on any atom is -0.489 e. The van der Waals surface area contributed by atoms with Crippen LogP contribution in [0.15, 0.2) is 59.1 Å². The van der Waals surface area contributed by atoms with Crippen molar-refractivity contribution >= 4 is 11.8 Å². The van der Waals surface area contributed by atoms with Crippen molar-refractivity contribution in [3.05, 3.63) is 66.1 Å². The van der Waals surface area contributed by atoms with Crippen LogP contribution >= 0.6 is 11.8 Å². The summed E-state index contributed by atoms with van der Waals surface area (Å²) in [5, 5.41) is 4.12. The zero-order chi connectivity index (χ0) is 17.6. The van der Waals surface area contributed by atoms with E-state index in [-0.39, 0.29) is 0 Å². The van der Waals surface area contributed by atoms with Gasteiger partial charge in [0.25, 0.3) is 0 Å². The lowest BCUT2D eigenvalue weighted by molar-refractivity contribution is 0.245. The Morgan fingerprint density at radius 1 is 1.00 bits per heavy atom. The highest BCUT2D eigenvalue weighted by Gasteiger charge is 2.15. The number of rotatable bonds is 6. The molecule has 5 nitrogen and oxygen atoms in total. The molecule has 1 saturated heterocycles. The van der Waals surface area contributed by atoms with Crippen LogP contribution in [0.1, 0.15) is 11.5 Å². The minimum absolute atomic E-state index is 0.556. The Kier molecular flexibility index (Phi) is 5.52. The van der Waals surface area contributed by atoms with E-state index in [0.717, 1.165) is 36.5 Å². The molecule has 0 unspecified atom stereocenters. The number of benzene rings is 2. The number of ether oxygens (including phenoxy) is 1. The van der Waals surface area contributed by atoms with E-state index in [2.05, 4.69) is 27.2 Å². The molecule has 0 saturated carbocycles. The van der Waals surface area contributed by atoms with Crippen LogP contribution in [0, 0.1) is 0 Å². The van der Waals surface area contributed by atoms with Crippen LogP contribution in [0.3, 0.4) is 0 Å². The van der Waals surface area contributed by atoms with E-state index in [1.165, 1.54) is 11.5 Å². The topological polar surface area (TPSA) is 51.4 Å². The number of aromatic nitrogens is 2. The summed E-state index contributed by atoms with van der Waals surface area (Å²) < 4.78 is 11.2. The Labute approximate surface area is 157 Å². The normalized spacial score (nSPS) is 15.1. The Hall–Kier alpha value is -2.31. The Morgan fingerprint density at radius 2 is 1.77 bits per heavy atom. The van der Waals surface area contributed by atoms with Gasteiger partial charge in [0.1, 0.15) is 12.4 Å². The third kappa shape index (κ3) is 4.45. The molecule has 0 bridgehead atoms. The molecule has 0 N–H and O–H groups in total. The van der Waals surface area contributed by atoms with E-state index >= 15 is 0 Å². The van der Waals surface area contributed by atoms with Crippen molar-refractivity contribution in [2.45, 2.75) is 13.2 Å². The third-order valence-corrected chi connectivity index (χ3v) is 5.23. The smallest absolute Gasteiger partial charge is 0.241 e. The summed E-state index contributed by atoms with van der Waals surface area (Å²) in [6.45, 7) is 3.44. The summed E-state index contributed by atoms with van der Waals surface area (Å²) in [7, 11) is 0. The first-order valence-electron chi connectivity index (χ1n) is 8.77.